The van der Waals surface area contributed by atoms with Crippen molar-refractivity contribution >= 4 is 0 Å². The second kappa shape index (κ2) is 6.48. The third-order valence-electron chi connectivity index (χ3n) is 4.48. The molecule has 0 radical (unpaired) electrons. The highest BCUT2D eigenvalue weighted by molar-refractivity contribution is 5.28. The van der Waals surface area contributed by atoms with Gasteiger partial charge in [-0.2, -0.15) is 0 Å². The number of alkyl halides is 1. The fraction of sp³-hybridized carbons (Fsp3) is 0.684. The van der Waals surface area contributed by atoms with E-state index in [1.165, 1.54) is 18.4 Å². The van der Waals surface area contributed by atoms with E-state index < -0.39 is 5.67 Å². The molecule has 0 aliphatic carbocycles. The Morgan fingerprint density at radius 1 is 1.10 bits per heavy atom. The molecule has 1 aromatic carbocycles. The van der Waals surface area contributed by atoms with Crippen LogP contribution in [-0.4, -0.2) is 18.3 Å². The largest absolute Gasteiger partial charge is 0.314 e. The van der Waals surface area contributed by atoms with E-state index in [4.69, 9.17) is 0 Å². The van der Waals surface area contributed by atoms with Gasteiger partial charge in [-0.25, -0.2) is 4.39 Å². The van der Waals surface area contributed by atoms with Crippen LogP contribution in [0.2, 0.25) is 0 Å². The summed E-state index contributed by atoms with van der Waals surface area (Å²) in [5.41, 5.74) is 1.44. The summed E-state index contributed by atoms with van der Waals surface area (Å²) < 4.78 is 14.9. The van der Waals surface area contributed by atoms with Crippen LogP contribution in [0.3, 0.4) is 0 Å². The molecule has 1 heterocycles. The van der Waals surface area contributed by atoms with Crippen molar-refractivity contribution in [2.24, 2.45) is 0 Å². The first kappa shape index (κ1) is 16.5. The van der Waals surface area contributed by atoms with Crippen LogP contribution in [0.1, 0.15) is 64.5 Å². The molecular weight excluding hydrogens is 261 g/mol. The molecule has 0 aromatic heterocycles. The summed E-state index contributed by atoms with van der Waals surface area (Å²) in [4.78, 5) is 0. The quantitative estimate of drug-likeness (QED) is 0.841. The minimum absolute atomic E-state index is 0.156. The van der Waals surface area contributed by atoms with Gasteiger partial charge in [0.1, 0.15) is 5.67 Å². The van der Waals surface area contributed by atoms with E-state index in [2.05, 4.69) is 50.4 Å². The van der Waals surface area contributed by atoms with E-state index in [9.17, 15) is 4.39 Å². The topological polar surface area (TPSA) is 12.0 Å². The van der Waals surface area contributed by atoms with Crippen LogP contribution in [0.15, 0.2) is 24.3 Å². The predicted molar refractivity (Wildman–Crippen MR) is 88.6 cm³/mol. The van der Waals surface area contributed by atoms with E-state index in [-0.39, 0.29) is 5.41 Å². The van der Waals surface area contributed by atoms with Crippen molar-refractivity contribution in [3.05, 3.63) is 35.4 Å². The zero-order valence-electron chi connectivity index (χ0n) is 14.0. The molecular formula is C19H30FN. The molecule has 0 bridgehead atoms. The number of hydrogen-bond acceptors (Lipinski definition) is 1. The molecule has 0 spiro atoms. The van der Waals surface area contributed by atoms with Crippen LogP contribution in [0.25, 0.3) is 0 Å². The zero-order chi connectivity index (χ0) is 15.5. The molecule has 2 heteroatoms. The molecule has 2 rings (SSSR count). The lowest BCUT2D eigenvalue weighted by Crippen LogP contribution is -2.40. The highest BCUT2D eigenvalue weighted by Gasteiger charge is 2.29. The Morgan fingerprint density at radius 3 is 2.29 bits per heavy atom. The molecule has 1 N–H and O–H groups in total. The van der Waals surface area contributed by atoms with Crippen LogP contribution in [0.4, 0.5) is 4.39 Å². The maximum Gasteiger partial charge on any atom is 0.113 e. The minimum atomic E-state index is -1.13. The van der Waals surface area contributed by atoms with Crippen LogP contribution >= 0.6 is 0 Å². The van der Waals surface area contributed by atoms with Crippen molar-refractivity contribution in [3.8, 4) is 0 Å². The van der Waals surface area contributed by atoms with Crippen molar-refractivity contribution < 1.29 is 4.39 Å². The highest BCUT2D eigenvalue weighted by atomic mass is 19.1. The monoisotopic (exact) mass is 291 g/mol. The lowest BCUT2D eigenvalue weighted by atomic mass is 9.84. The van der Waals surface area contributed by atoms with Gasteiger partial charge in [0.15, 0.2) is 0 Å². The molecule has 1 saturated heterocycles. The fourth-order valence-corrected chi connectivity index (χ4v) is 3.23. The van der Waals surface area contributed by atoms with E-state index >= 15 is 0 Å². The summed E-state index contributed by atoms with van der Waals surface area (Å²) in [6.07, 6.45) is 4.70. The molecule has 21 heavy (non-hydrogen) atoms. The number of rotatable bonds is 4. The van der Waals surface area contributed by atoms with Crippen molar-refractivity contribution in [1.82, 2.24) is 5.32 Å². The number of halogens is 1. The second-order valence-corrected chi connectivity index (χ2v) is 7.89. The Morgan fingerprint density at radius 2 is 1.76 bits per heavy atom. The predicted octanol–water partition coefficient (Wildman–Crippen LogP) is 4.79. The molecule has 2 atom stereocenters. The summed E-state index contributed by atoms with van der Waals surface area (Å²) in [5.74, 6) is 0. The molecule has 0 saturated carbocycles. The molecule has 1 nitrogen and oxygen atoms in total. The molecule has 1 aliphatic rings. The summed E-state index contributed by atoms with van der Waals surface area (Å²) in [6, 6.07) is 8.82. The van der Waals surface area contributed by atoms with Crippen molar-refractivity contribution in [2.45, 2.75) is 76.9 Å². The maximum atomic E-state index is 14.9. The maximum absolute atomic E-state index is 14.9. The first-order valence-corrected chi connectivity index (χ1v) is 8.28. The third-order valence-corrected chi connectivity index (χ3v) is 4.48. The van der Waals surface area contributed by atoms with Gasteiger partial charge in [-0.1, -0.05) is 51.5 Å². The Balaban J connectivity index is 1.95. The number of piperidine rings is 1. The summed E-state index contributed by atoms with van der Waals surface area (Å²) in [5, 5.41) is 3.45. The average Bonchev–Trinajstić information content (AvgIpc) is 2.38. The highest BCUT2D eigenvalue weighted by Crippen LogP contribution is 2.28. The van der Waals surface area contributed by atoms with Crippen LogP contribution in [0.5, 0.6) is 0 Å². The Hall–Kier alpha value is -0.890. The normalized spacial score (nSPS) is 22.8. The van der Waals surface area contributed by atoms with Gasteiger partial charge in [-0.3, -0.25) is 0 Å². The summed E-state index contributed by atoms with van der Waals surface area (Å²) in [6.45, 7) is 9.41. The molecule has 1 aliphatic heterocycles. The second-order valence-electron chi connectivity index (χ2n) is 7.89. The van der Waals surface area contributed by atoms with Gasteiger partial charge in [0.25, 0.3) is 0 Å². The average molecular weight is 291 g/mol. The summed E-state index contributed by atoms with van der Waals surface area (Å²) >= 11 is 0. The third kappa shape index (κ3) is 5.10. The van der Waals surface area contributed by atoms with Gasteiger partial charge < -0.3 is 5.32 Å². The van der Waals surface area contributed by atoms with E-state index in [1.54, 1.807) is 6.92 Å². The van der Waals surface area contributed by atoms with Crippen molar-refractivity contribution in [3.63, 3.8) is 0 Å². The first-order valence-electron chi connectivity index (χ1n) is 8.28. The minimum Gasteiger partial charge on any atom is -0.314 e. The fourth-order valence-electron chi connectivity index (χ4n) is 3.23. The van der Waals surface area contributed by atoms with E-state index in [0.29, 0.717) is 18.9 Å². The van der Waals surface area contributed by atoms with Gasteiger partial charge in [0, 0.05) is 12.5 Å². The van der Waals surface area contributed by atoms with Gasteiger partial charge in [-0.15, -0.1) is 0 Å². The molecule has 1 aromatic rings. The molecule has 1 fully saturated rings. The lowest BCUT2D eigenvalue weighted by molar-refractivity contribution is 0.146. The Labute approximate surface area is 129 Å². The number of hydrogen-bond donors (Lipinski definition) is 1. The van der Waals surface area contributed by atoms with Crippen molar-refractivity contribution in [1.29, 1.82) is 0 Å². The van der Waals surface area contributed by atoms with Crippen LogP contribution in [-0.2, 0) is 11.8 Å². The smallest absolute Gasteiger partial charge is 0.113 e. The Bertz CT molecular complexity index is 436. The molecule has 2 unspecified atom stereocenters. The van der Waals surface area contributed by atoms with Gasteiger partial charge in [-0.05, 0) is 49.3 Å². The Kier molecular flexibility index (Phi) is 5.08. The van der Waals surface area contributed by atoms with Gasteiger partial charge in [0.05, 0.1) is 0 Å². The first-order chi connectivity index (χ1) is 9.76. The van der Waals surface area contributed by atoms with Crippen molar-refractivity contribution in [2.75, 3.05) is 6.54 Å². The SMILES string of the molecule is CC(F)(Cc1ccc(C(C)(C)C)cc1)CC1CCCCN1. The zero-order valence-corrected chi connectivity index (χ0v) is 14.0. The van der Waals surface area contributed by atoms with E-state index in [1.807, 2.05) is 0 Å². The lowest BCUT2D eigenvalue weighted by Gasteiger charge is -2.30. The van der Waals surface area contributed by atoms with E-state index in [0.717, 1.165) is 18.5 Å². The van der Waals surface area contributed by atoms with Gasteiger partial charge in [0.2, 0.25) is 0 Å². The number of benzene rings is 1. The molecule has 0 amide bonds. The standard InChI is InChI=1S/C19H30FN/c1-18(2,3)16-10-8-15(9-11-16)13-19(4,20)14-17-7-5-6-12-21-17/h8-11,17,21H,5-7,12-14H2,1-4H3. The summed E-state index contributed by atoms with van der Waals surface area (Å²) in [7, 11) is 0. The van der Waals surface area contributed by atoms with Crippen LogP contribution in [0, 0.1) is 0 Å². The molecule has 118 valence electrons. The van der Waals surface area contributed by atoms with Crippen LogP contribution < -0.4 is 5.32 Å². The number of nitrogens with one attached hydrogen (secondary N) is 1. The van der Waals surface area contributed by atoms with Gasteiger partial charge >= 0.3 is 0 Å².